The van der Waals surface area contributed by atoms with E-state index < -0.39 is 10.0 Å². The second-order valence-electron chi connectivity index (χ2n) is 5.10. The maximum absolute atomic E-state index is 11.8. The molecule has 0 fully saturated rings. The quantitative estimate of drug-likeness (QED) is 0.762. The Bertz CT molecular complexity index is 610. The van der Waals surface area contributed by atoms with Crippen LogP contribution in [0.5, 0.6) is 0 Å². The molecule has 1 aliphatic rings. The monoisotopic (exact) mass is 301 g/mol. The third-order valence-corrected chi connectivity index (χ3v) is 4.69. The van der Waals surface area contributed by atoms with Crippen molar-refractivity contribution in [1.82, 2.24) is 24.4 Å². The van der Waals surface area contributed by atoms with Crippen molar-refractivity contribution in [2.75, 3.05) is 19.8 Å². The topological polar surface area (TPSA) is 97.2 Å². The third-order valence-electron chi connectivity index (χ3n) is 3.43. The largest absolute Gasteiger partial charge is 0.350 e. The summed E-state index contributed by atoms with van der Waals surface area (Å²) in [6.45, 7) is 2.34. The van der Waals surface area contributed by atoms with Crippen molar-refractivity contribution in [3.05, 3.63) is 11.6 Å². The fourth-order valence-corrected chi connectivity index (χ4v) is 2.52. The van der Waals surface area contributed by atoms with Crippen LogP contribution in [0.1, 0.15) is 18.1 Å². The van der Waals surface area contributed by atoms with Gasteiger partial charge in [0.15, 0.2) is 0 Å². The number of aromatic nitrogens is 3. The van der Waals surface area contributed by atoms with E-state index in [1.165, 1.54) is 7.05 Å². The van der Waals surface area contributed by atoms with Crippen molar-refractivity contribution in [2.45, 2.75) is 32.4 Å². The van der Waals surface area contributed by atoms with Gasteiger partial charge in [0.05, 0.1) is 12.8 Å². The molecule has 9 heteroatoms. The van der Waals surface area contributed by atoms with Crippen molar-refractivity contribution >= 4 is 15.9 Å². The van der Waals surface area contributed by atoms with E-state index in [1.54, 1.807) is 0 Å². The van der Waals surface area contributed by atoms with Crippen molar-refractivity contribution in [3.8, 4) is 0 Å². The molecule has 2 rings (SSSR count). The number of aryl methyl sites for hydroxylation is 2. The Labute approximate surface area is 118 Å². The normalized spacial score (nSPS) is 18.9. The van der Waals surface area contributed by atoms with E-state index in [4.69, 9.17) is 0 Å². The summed E-state index contributed by atoms with van der Waals surface area (Å²) in [5.41, 5.74) is 0. The van der Waals surface area contributed by atoms with E-state index in [-0.39, 0.29) is 18.5 Å². The Kier molecular flexibility index (Phi) is 4.09. The molecule has 0 saturated carbocycles. The van der Waals surface area contributed by atoms with Crippen LogP contribution in [0.2, 0.25) is 0 Å². The molecule has 8 nitrogen and oxygen atoms in total. The van der Waals surface area contributed by atoms with Gasteiger partial charge in [0, 0.05) is 26.1 Å². The van der Waals surface area contributed by atoms with Crippen LogP contribution < -0.4 is 5.32 Å². The van der Waals surface area contributed by atoms with Crippen LogP contribution in [0.4, 0.5) is 0 Å². The van der Waals surface area contributed by atoms with Crippen molar-refractivity contribution in [3.63, 3.8) is 0 Å². The van der Waals surface area contributed by atoms with Crippen LogP contribution in [0.3, 0.4) is 0 Å². The Morgan fingerprint density at radius 2 is 2.20 bits per heavy atom. The zero-order chi connectivity index (χ0) is 14.9. The van der Waals surface area contributed by atoms with Crippen molar-refractivity contribution < 1.29 is 13.2 Å². The smallest absolute Gasteiger partial charge is 0.235 e. The van der Waals surface area contributed by atoms with Gasteiger partial charge in [-0.05, 0) is 13.3 Å². The number of fused-ring (bicyclic) bond motifs is 1. The van der Waals surface area contributed by atoms with Crippen LogP contribution in [0.25, 0.3) is 0 Å². The number of amides is 1. The lowest BCUT2D eigenvalue weighted by Crippen LogP contribution is -2.45. The molecule has 1 aromatic rings. The lowest BCUT2D eigenvalue weighted by Gasteiger charge is -2.25. The Morgan fingerprint density at radius 3 is 2.85 bits per heavy atom. The second-order valence-corrected chi connectivity index (χ2v) is 7.19. The fraction of sp³-hybridized carbons (Fsp3) is 0.727. The lowest BCUT2D eigenvalue weighted by molar-refractivity contribution is -0.122. The number of carbonyl (C=O) groups excluding carboxylic acids is 1. The van der Waals surface area contributed by atoms with Crippen LogP contribution in [0.15, 0.2) is 0 Å². The van der Waals surface area contributed by atoms with E-state index in [2.05, 4.69) is 15.5 Å². The predicted molar refractivity (Wildman–Crippen MR) is 72.5 cm³/mol. The van der Waals surface area contributed by atoms with Crippen LogP contribution in [0, 0.1) is 6.92 Å². The highest BCUT2D eigenvalue weighted by Crippen LogP contribution is 2.14. The first-order valence-corrected chi connectivity index (χ1v) is 8.21. The average Bonchev–Trinajstić information content (AvgIpc) is 2.69. The van der Waals surface area contributed by atoms with Gasteiger partial charge in [-0.3, -0.25) is 4.79 Å². The highest BCUT2D eigenvalue weighted by Gasteiger charge is 2.24. The fourth-order valence-electron chi connectivity index (χ4n) is 2.17. The summed E-state index contributed by atoms with van der Waals surface area (Å²) in [7, 11) is -1.95. The molecule has 0 aromatic carbocycles. The molecule has 112 valence electrons. The Hall–Kier alpha value is -1.48. The predicted octanol–water partition coefficient (Wildman–Crippen LogP) is -1.09. The maximum Gasteiger partial charge on any atom is 0.235 e. The second kappa shape index (κ2) is 5.49. The standard InChI is InChI=1S/C11H19N5O3S/c1-8-13-14-10-5-4-9(6-16(8)10)12-11(17)7-15(2)20(3,18)19/h9H,4-7H2,1-3H3,(H,12,17)/t9-/m0/s1. The molecule has 0 spiro atoms. The summed E-state index contributed by atoms with van der Waals surface area (Å²) in [5, 5.41) is 10.9. The van der Waals surface area contributed by atoms with Crippen LogP contribution in [-0.2, 0) is 27.8 Å². The van der Waals surface area contributed by atoms with E-state index in [1.807, 2.05) is 11.5 Å². The van der Waals surface area contributed by atoms with E-state index in [0.717, 1.165) is 35.1 Å². The molecule has 0 bridgehead atoms. The van der Waals surface area contributed by atoms with Gasteiger partial charge < -0.3 is 9.88 Å². The van der Waals surface area contributed by atoms with Gasteiger partial charge in [-0.1, -0.05) is 0 Å². The Morgan fingerprint density at radius 1 is 1.50 bits per heavy atom. The molecular formula is C11H19N5O3S. The van der Waals surface area contributed by atoms with Crippen molar-refractivity contribution in [1.29, 1.82) is 0 Å². The number of nitrogens with one attached hydrogen (secondary N) is 1. The lowest BCUT2D eigenvalue weighted by atomic mass is 10.1. The molecular weight excluding hydrogens is 282 g/mol. The molecule has 1 aliphatic heterocycles. The van der Waals surface area contributed by atoms with Crippen LogP contribution in [-0.4, -0.2) is 59.3 Å². The molecule has 1 amide bonds. The number of hydrogen-bond donors (Lipinski definition) is 1. The van der Waals surface area contributed by atoms with Crippen molar-refractivity contribution in [2.24, 2.45) is 0 Å². The van der Waals surface area contributed by atoms with Crippen LogP contribution >= 0.6 is 0 Å². The zero-order valence-corrected chi connectivity index (χ0v) is 12.6. The maximum atomic E-state index is 11.8. The average molecular weight is 301 g/mol. The molecule has 2 heterocycles. The molecule has 0 radical (unpaired) electrons. The number of rotatable bonds is 4. The molecule has 1 N–H and O–H groups in total. The van der Waals surface area contributed by atoms with Gasteiger partial charge in [-0.15, -0.1) is 10.2 Å². The molecule has 1 atom stereocenters. The minimum absolute atomic E-state index is 0.0161. The summed E-state index contributed by atoms with van der Waals surface area (Å²) in [5.74, 6) is 1.46. The molecule has 0 saturated heterocycles. The molecule has 1 aromatic heterocycles. The van der Waals surface area contributed by atoms with Gasteiger partial charge in [0.1, 0.15) is 11.6 Å². The van der Waals surface area contributed by atoms with Gasteiger partial charge in [-0.25, -0.2) is 8.42 Å². The van der Waals surface area contributed by atoms with E-state index >= 15 is 0 Å². The summed E-state index contributed by atoms with van der Waals surface area (Å²) >= 11 is 0. The minimum Gasteiger partial charge on any atom is -0.350 e. The summed E-state index contributed by atoms with van der Waals surface area (Å²) in [6.07, 6.45) is 2.62. The molecule has 0 unspecified atom stereocenters. The summed E-state index contributed by atoms with van der Waals surface area (Å²) < 4.78 is 25.5. The van der Waals surface area contributed by atoms with E-state index in [9.17, 15) is 13.2 Å². The molecule has 20 heavy (non-hydrogen) atoms. The molecule has 0 aliphatic carbocycles. The zero-order valence-electron chi connectivity index (χ0n) is 11.8. The first-order chi connectivity index (χ1) is 9.27. The number of sulfonamides is 1. The first kappa shape index (κ1) is 14.9. The summed E-state index contributed by atoms with van der Waals surface area (Å²) in [6, 6.07) is -0.0161. The Balaban J connectivity index is 1.92. The van der Waals surface area contributed by atoms with E-state index in [0.29, 0.717) is 6.54 Å². The van der Waals surface area contributed by atoms with Gasteiger partial charge in [0.2, 0.25) is 15.9 Å². The highest BCUT2D eigenvalue weighted by molar-refractivity contribution is 7.88. The summed E-state index contributed by atoms with van der Waals surface area (Å²) in [4.78, 5) is 11.8. The van der Waals surface area contributed by atoms with Gasteiger partial charge in [-0.2, -0.15) is 4.31 Å². The van der Waals surface area contributed by atoms with Gasteiger partial charge in [0.25, 0.3) is 0 Å². The third kappa shape index (κ3) is 3.34. The minimum atomic E-state index is -3.34. The number of nitrogens with zero attached hydrogens (tertiary/aromatic N) is 4. The highest BCUT2D eigenvalue weighted by atomic mass is 32.2. The first-order valence-electron chi connectivity index (χ1n) is 6.36. The SMILES string of the molecule is Cc1nnc2n1C[C@@H](NC(=O)CN(C)S(C)(=O)=O)CC2. The number of hydrogen-bond acceptors (Lipinski definition) is 5. The number of likely N-dealkylation sites (N-methyl/N-ethyl adjacent to an activating group) is 1. The number of carbonyl (C=O) groups is 1. The van der Waals surface area contributed by atoms with Gasteiger partial charge >= 0.3 is 0 Å².